The predicted molar refractivity (Wildman–Crippen MR) is 86.3 cm³/mol. The van der Waals surface area contributed by atoms with Gasteiger partial charge in [-0.05, 0) is 36.8 Å². The van der Waals surface area contributed by atoms with Crippen LogP contribution >= 0.6 is 11.6 Å². The maximum absolute atomic E-state index is 6.48. The Morgan fingerprint density at radius 2 is 2.10 bits per heavy atom. The van der Waals surface area contributed by atoms with Crippen LogP contribution in [0.25, 0.3) is 0 Å². The molecule has 0 saturated heterocycles. The van der Waals surface area contributed by atoms with Crippen molar-refractivity contribution in [1.29, 1.82) is 0 Å². The lowest BCUT2D eigenvalue weighted by molar-refractivity contribution is 0.353. The summed E-state index contributed by atoms with van der Waals surface area (Å²) in [5.41, 5.74) is 6.92. The molecule has 1 aliphatic rings. The molecule has 0 aromatic heterocycles. The zero-order valence-corrected chi connectivity index (χ0v) is 13.7. The standard InChI is InChI=1S/C16H25ClN2O2/c1-10-4-5-11(8-10)19-13(9-18)12-6-7-14(20-2)16(21-3)15(12)17/h6-7,10-11,13,19H,4-5,8-9,18H2,1-3H3. The number of ether oxygens (including phenoxy) is 2. The summed E-state index contributed by atoms with van der Waals surface area (Å²) in [5.74, 6) is 1.98. The Bertz CT molecular complexity index is 482. The van der Waals surface area contributed by atoms with Gasteiger partial charge in [0, 0.05) is 18.6 Å². The van der Waals surface area contributed by atoms with E-state index in [0.29, 0.717) is 29.1 Å². The molecule has 0 spiro atoms. The molecule has 1 aliphatic carbocycles. The van der Waals surface area contributed by atoms with Gasteiger partial charge in [0.05, 0.1) is 19.2 Å². The van der Waals surface area contributed by atoms with Crippen LogP contribution < -0.4 is 20.5 Å². The summed E-state index contributed by atoms with van der Waals surface area (Å²) in [6.45, 7) is 2.79. The van der Waals surface area contributed by atoms with Crippen molar-refractivity contribution in [2.45, 2.75) is 38.3 Å². The molecule has 4 nitrogen and oxygen atoms in total. The second kappa shape index (κ2) is 7.34. The molecule has 0 radical (unpaired) electrons. The number of halogens is 1. The molecular formula is C16H25ClN2O2. The van der Waals surface area contributed by atoms with Gasteiger partial charge in [0.1, 0.15) is 0 Å². The van der Waals surface area contributed by atoms with Crippen LogP contribution in [0, 0.1) is 5.92 Å². The van der Waals surface area contributed by atoms with Gasteiger partial charge >= 0.3 is 0 Å². The molecule has 1 fully saturated rings. The van der Waals surface area contributed by atoms with Gasteiger partial charge in [-0.1, -0.05) is 24.6 Å². The summed E-state index contributed by atoms with van der Waals surface area (Å²) in [5, 5.41) is 4.21. The van der Waals surface area contributed by atoms with Gasteiger partial charge in [0.2, 0.25) is 0 Å². The third kappa shape index (κ3) is 3.62. The Labute approximate surface area is 131 Å². The monoisotopic (exact) mass is 312 g/mol. The van der Waals surface area contributed by atoms with Crippen LogP contribution in [0.15, 0.2) is 12.1 Å². The van der Waals surface area contributed by atoms with E-state index in [4.69, 9.17) is 26.8 Å². The number of benzene rings is 1. The van der Waals surface area contributed by atoms with Crippen LogP contribution in [0.1, 0.15) is 37.8 Å². The first kappa shape index (κ1) is 16.4. The summed E-state index contributed by atoms with van der Waals surface area (Å²) < 4.78 is 10.6. The molecular weight excluding hydrogens is 288 g/mol. The quantitative estimate of drug-likeness (QED) is 0.847. The van der Waals surface area contributed by atoms with Gasteiger partial charge < -0.3 is 20.5 Å². The zero-order chi connectivity index (χ0) is 15.4. The molecule has 0 heterocycles. The van der Waals surface area contributed by atoms with E-state index < -0.39 is 0 Å². The third-order valence-corrected chi connectivity index (χ3v) is 4.65. The lowest BCUT2D eigenvalue weighted by Gasteiger charge is -2.24. The normalized spacial score (nSPS) is 23.1. The summed E-state index contributed by atoms with van der Waals surface area (Å²) in [4.78, 5) is 0. The molecule has 1 saturated carbocycles. The number of rotatable bonds is 6. The van der Waals surface area contributed by atoms with Crippen molar-refractivity contribution in [2.75, 3.05) is 20.8 Å². The number of hydrogen-bond donors (Lipinski definition) is 2. The second-order valence-corrected chi connectivity index (χ2v) is 6.15. The van der Waals surface area contributed by atoms with Crippen molar-refractivity contribution in [3.63, 3.8) is 0 Å². The first-order valence-electron chi connectivity index (χ1n) is 7.47. The van der Waals surface area contributed by atoms with Crippen molar-refractivity contribution in [3.8, 4) is 11.5 Å². The first-order chi connectivity index (χ1) is 10.1. The predicted octanol–water partition coefficient (Wildman–Crippen LogP) is 3.14. The minimum absolute atomic E-state index is 0.0348. The number of nitrogens with two attached hydrogens (primary N) is 1. The topological polar surface area (TPSA) is 56.5 Å². The maximum atomic E-state index is 6.48. The molecule has 3 N–H and O–H groups in total. The van der Waals surface area contributed by atoms with Crippen molar-refractivity contribution < 1.29 is 9.47 Å². The van der Waals surface area contributed by atoms with Crippen molar-refractivity contribution in [2.24, 2.45) is 11.7 Å². The Balaban J connectivity index is 2.21. The van der Waals surface area contributed by atoms with E-state index in [1.165, 1.54) is 19.3 Å². The molecule has 5 heteroatoms. The summed E-state index contributed by atoms with van der Waals surface area (Å²) in [7, 11) is 3.20. The molecule has 1 aromatic rings. The van der Waals surface area contributed by atoms with E-state index in [1.807, 2.05) is 12.1 Å². The molecule has 2 rings (SSSR count). The van der Waals surface area contributed by atoms with Crippen molar-refractivity contribution >= 4 is 11.6 Å². The highest BCUT2D eigenvalue weighted by Gasteiger charge is 2.26. The molecule has 3 atom stereocenters. The summed E-state index contributed by atoms with van der Waals surface area (Å²) in [6.07, 6.45) is 3.67. The van der Waals surface area contributed by atoms with E-state index in [0.717, 1.165) is 11.5 Å². The second-order valence-electron chi connectivity index (χ2n) is 5.77. The Hall–Kier alpha value is -0.970. The van der Waals surface area contributed by atoms with Crippen LogP contribution in [-0.2, 0) is 0 Å². The maximum Gasteiger partial charge on any atom is 0.179 e. The molecule has 21 heavy (non-hydrogen) atoms. The molecule has 1 aromatic carbocycles. The fourth-order valence-corrected chi connectivity index (χ4v) is 3.47. The number of hydrogen-bond acceptors (Lipinski definition) is 4. The van der Waals surface area contributed by atoms with Gasteiger partial charge in [-0.3, -0.25) is 0 Å². The highest BCUT2D eigenvalue weighted by Crippen LogP contribution is 2.40. The Kier molecular flexibility index (Phi) is 5.73. The van der Waals surface area contributed by atoms with E-state index in [1.54, 1.807) is 14.2 Å². The minimum atomic E-state index is 0.0348. The van der Waals surface area contributed by atoms with E-state index >= 15 is 0 Å². The zero-order valence-electron chi connectivity index (χ0n) is 13.0. The van der Waals surface area contributed by atoms with Gasteiger partial charge in [0.15, 0.2) is 11.5 Å². The number of nitrogens with one attached hydrogen (secondary N) is 1. The van der Waals surface area contributed by atoms with E-state index in [2.05, 4.69) is 12.2 Å². The first-order valence-corrected chi connectivity index (χ1v) is 7.85. The average Bonchev–Trinajstić information content (AvgIpc) is 2.90. The van der Waals surface area contributed by atoms with Crippen molar-refractivity contribution in [3.05, 3.63) is 22.7 Å². The van der Waals surface area contributed by atoms with Crippen LogP contribution in [-0.4, -0.2) is 26.8 Å². The Morgan fingerprint density at radius 3 is 2.62 bits per heavy atom. The van der Waals surface area contributed by atoms with Gasteiger partial charge in [-0.2, -0.15) is 0 Å². The van der Waals surface area contributed by atoms with Gasteiger partial charge in [-0.25, -0.2) is 0 Å². The highest BCUT2D eigenvalue weighted by atomic mass is 35.5. The molecule has 118 valence electrons. The van der Waals surface area contributed by atoms with Crippen LogP contribution in [0.2, 0.25) is 5.02 Å². The lowest BCUT2D eigenvalue weighted by Crippen LogP contribution is -2.35. The van der Waals surface area contributed by atoms with Gasteiger partial charge in [0.25, 0.3) is 0 Å². The van der Waals surface area contributed by atoms with Crippen molar-refractivity contribution in [1.82, 2.24) is 5.32 Å². The fraction of sp³-hybridized carbons (Fsp3) is 0.625. The van der Waals surface area contributed by atoms with E-state index in [9.17, 15) is 0 Å². The van der Waals surface area contributed by atoms with Crippen LogP contribution in [0.5, 0.6) is 11.5 Å². The lowest BCUT2D eigenvalue weighted by atomic mass is 10.0. The molecule has 0 amide bonds. The fourth-order valence-electron chi connectivity index (χ4n) is 3.10. The molecule has 0 bridgehead atoms. The largest absolute Gasteiger partial charge is 0.493 e. The average molecular weight is 313 g/mol. The Morgan fingerprint density at radius 1 is 1.33 bits per heavy atom. The van der Waals surface area contributed by atoms with Crippen LogP contribution in [0.3, 0.4) is 0 Å². The summed E-state index contributed by atoms with van der Waals surface area (Å²) in [6, 6.07) is 4.39. The third-order valence-electron chi connectivity index (χ3n) is 4.26. The highest BCUT2D eigenvalue weighted by molar-refractivity contribution is 6.33. The molecule has 0 aliphatic heterocycles. The minimum Gasteiger partial charge on any atom is -0.493 e. The van der Waals surface area contributed by atoms with Crippen LogP contribution in [0.4, 0.5) is 0 Å². The SMILES string of the molecule is COc1ccc(C(CN)NC2CCC(C)C2)c(Cl)c1OC. The molecule has 3 unspecified atom stereocenters. The smallest absolute Gasteiger partial charge is 0.179 e. The van der Waals surface area contributed by atoms with Gasteiger partial charge in [-0.15, -0.1) is 0 Å². The summed E-state index contributed by atoms with van der Waals surface area (Å²) >= 11 is 6.48. The van der Waals surface area contributed by atoms with E-state index in [-0.39, 0.29) is 6.04 Å². The number of methoxy groups -OCH3 is 2.